The molecule has 0 aromatic rings. The minimum atomic E-state index is 0.158. The highest BCUT2D eigenvalue weighted by Crippen LogP contribution is 2.41. The van der Waals surface area contributed by atoms with Gasteiger partial charge in [0.05, 0.1) is 12.2 Å². The van der Waals surface area contributed by atoms with Gasteiger partial charge >= 0.3 is 0 Å². The first-order chi connectivity index (χ1) is 7.14. The minimum absolute atomic E-state index is 0.158. The van der Waals surface area contributed by atoms with E-state index < -0.39 is 0 Å². The zero-order chi connectivity index (χ0) is 10.9. The predicted octanol–water partition coefficient (Wildman–Crippen LogP) is 2.58. The number of hydrogen-bond donors (Lipinski definition) is 1. The van der Waals surface area contributed by atoms with Crippen LogP contribution in [0.3, 0.4) is 0 Å². The van der Waals surface area contributed by atoms with Gasteiger partial charge in [-0.05, 0) is 38.0 Å². The van der Waals surface area contributed by atoms with Crippen molar-refractivity contribution >= 4 is 0 Å². The molecule has 1 aliphatic carbocycles. The molecule has 0 amide bonds. The molecular weight excluding hydrogens is 186 g/mol. The molecule has 88 valence electrons. The summed E-state index contributed by atoms with van der Waals surface area (Å²) >= 11 is 0. The summed E-state index contributed by atoms with van der Waals surface area (Å²) < 4.78 is 6.14. The van der Waals surface area contributed by atoms with Gasteiger partial charge in [-0.2, -0.15) is 0 Å². The van der Waals surface area contributed by atoms with Crippen molar-refractivity contribution in [1.82, 2.24) is 5.32 Å². The van der Waals surface area contributed by atoms with Crippen molar-refractivity contribution in [2.45, 2.75) is 58.1 Å². The topological polar surface area (TPSA) is 21.3 Å². The highest BCUT2D eigenvalue weighted by atomic mass is 16.5. The van der Waals surface area contributed by atoms with Crippen LogP contribution in [0.1, 0.15) is 46.5 Å². The molecule has 3 unspecified atom stereocenters. The van der Waals surface area contributed by atoms with Crippen LogP contribution in [-0.4, -0.2) is 24.8 Å². The summed E-state index contributed by atoms with van der Waals surface area (Å²) in [6.07, 6.45) is 5.26. The first kappa shape index (κ1) is 11.4. The van der Waals surface area contributed by atoms with Crippen LogP contribution >= 0.6 is 0 Å². The molecule has 1 N–H and O–H groups in total. The summed E-state index contributed by atoms with van der Waals surface area (Å²) in [6, 6.07) is 0.535. The monoisotopic (exact) mass is 211 g/mol. The molecule has 1 spiro atoms. The van der Waals surface area contributed by atoms with Gasteiger partial charge in [0.2, 0.25) is 0 Å². The van der Waals surface area contributed by atoms with E-state index in [0.717, 1.165) is 25.0 Å². The Morgan fingerprint density at radius 3 is 2.87 bits per heavy atom. The SMILES string of the molecule is CC(C)C1CCCC2(C1)OCCNC2C. The standard InChI is InChI=1S/C13H25NO/c1-10(2)12-5-4-6-13(9-12)11(3)14-7-8-15-13/h10-12,14H,4-9H2,1-3H3. The number of ether oxygens (including phenoxy) is 1. The predicted molar refractivity (Wildman–Crippen MR) is 62.9 cm³/mol. The van der Waals surface area contributed by atoms with Gasteiger partial charge in [0.25, 0.3) is 0 Å². The van der Waals surface area contributed by atoms with Crippen LogP contribution in [0.5, 0.6) is 0 Å². The molecule has 2 fully saturated rings. The third kappa shape index (κ3) is 2.21. The number of hydrogen-bond acceptors (Lipinski definition) is 2. The molecule has 1 aliphatic heterocycles. The second kappa shape index (κ2) is 4.42. The van der Waals surface area contributed by atoms with E-state index in [2.05, 4.69) is 26.1 Å². The Morgan fingerprint density at radius 1 is 1.40 bits per heavy atom. The van der Waals surface area contributed by atoms with Crippen LogP contribution in [0.4, 0.5) is 0 Å². The van der Waals surface area contributed by atoms with E-state index in [1.807, 2.05) is 0 Å². The van der Waals surface area contributed by atoms with E-state index in [1.54, 1.807) is 0 Å². The lowest BCUT2D eigenvalue weighted by atomic mass is 9.70. The second-order valence-electron chi connectivity index (χ2n) is 5.69. The quantitative estimate of drug-likeness (QED) is 0.720. The van der Waals surface area contributed by atoms with Crippen molar-refractivity contribution in [3.63, 3.8) is 0 Å². The van der Waals surface area contributed by atoms with E-state index in [4.69, 9.17) is 4.74 Å². The summed E-state index contributed by atoms with van der Waals surface area (Å²) in [4.78, 5) is 0. The molecule has 2 nitrogen and oxygen atoms in total. The zero-order valence-corrected chi connectivity index (χ0v) is 10.4. The maximum Gasteiger partial charge on any atom is 0.0835 e. The molecular formula is C13H25NO. The minimum Gasteiger partial charge on any atom is -0.372 e. The normalized spacial score (nSPS) is 42.4. The maximum absolute atomic E-state index is 6.14. The van der Waals surface area contributed by atoms with Gasteiger partial charge < -0.3 is 10.1 Å². The first-order valence-electron chi connectivity index (χ1n) is 6.51. The fraction of sp³-hybridized carbons (Fsp3) is 1.00. The number of morpholine rings is 1. The summed E-state index contributed by atoms with van der Waals surface area (Å²) in [5.74, 6) is 1.67. The van der Waals surface area contributed by atoms with Crippen molar-refractivity contribution < 1.29 is 4.74 Å². The molecule has 15 heavy (non-hydrogen) atoms. The molecule has 0 aromatic heterocycles. The van der Waals surface area contributed by atoms with Gasteiger partial charge in [-0.15, -0.1) is 0 Å². The van der Waals surface area contributed by atoms with Crippen molar-refractivity contribution in [1.29, 1.82) is 0 Å². The van der Waals surface area contributed by atoms with E-state index >= 15 is 0 Å². The van der Waals surface area contributed by atoms with Gasteiger partial charge in [0.15, 0.2) is 0 Å². The van der Waals surface area contributed by atoms with Gasteiger partial charge in [0, 0.05) is 12.6 Å². The van der Waals surface area contributed by atoms with Gasteiger partial charge in [-0.25, -0.2) is 0 Å². The smallest absolute Gasteiger partial charge is 0.0835 e. The van der Waals surface area contributed by atoms with E-state index in [-0.39, 0.29) is 5.60 Å². The molecule has 1 saturated carbocycles. The highest BCUT2D eigenvalue weighted by molar-refractivity contribution is 4.98. The molecule has 2 aliphatic rings. The fourth-order valence-electron chi connectivity index (χ4n) is 3.25. The highest BCUT2D eigenvalue weighted by Gasteiger charge is 2.43. The molecule has 0 bridgehead atoms. The lowest BCUT2D eigenvalue weighted by Gasteiger charge is -2.48. The Balaban J connectivity index is 2.06. The molecule has 3 atom stereocenters. The van der Waals surface area contributed by atoms with Crippen LogP contribution in [0, 0.1) is 11.8 Å². The Kier molecular flexibility index (Phi) is 3.36. The largest absolute Gasteiger partial charge is 0.372 e. The van der Waals surface area contributed by atoms with Crippen LogP contribution in [-0.2, 0) is 4.74 Å². The van der Waals surface area contributed by atoms with Crippen LogP contribution in [0.15, 0.2) is 0 Å². The van der Waals surface area contributed by atoms with E-state index in [1.165, 1.54) is 25.7 Å². The lowest BCUT2D eigenvalue weighted by Crippen LogP contribution is -2.58. The molecule has 0 aromatic carbocycles. The Labute approximate surface area is 93.8 Å². The fourth-order valence-corrected chi connectivity index (χ4v) is 3.25. The molecule has 2 heteroatoms. The zero-order valence-electron chi connectivity index (χ0n) is 10.4. The Bertz CT molecular complexity index is 213. The van der Waals surface area contributed by atoms with Gasteiger partial charge in [0.1, 0.15) is 0 Å². The lowest BCUT2D eigenvalue weighted by molar-refractivity contribution is -0.127. The number of nitrogens with one attached hydrogen (secondary N) is 1. The maximum atomic E-state index is 6.14. The summed E-state index contributed by atoms with van der Waals surface area (Å²) in [6.45, 7) is 8.92. The van der Waals surface area contributed by atoms with Crippen molar-refractivity contribution in [3.8, 4) is 0 Å². The van der Waals surface area contributed by atoms with Crippen LogP contribution in [0.25, 0.3) is 0 Å². The average Bonchev–Trinajstić information content (AvgIpc) is 2.23. The second-order valence-corrected chi connectivity index (χ2v) is 5.69. The summed E-state index contributed by atoms with van der Waals surface area (Å²) in [5.41, 5.74) is 0.158. The van der Waals surface area contributed by atoms with Crippen molar-refractivity contribution in [2.75, 3.05) is 13.2 Å². The van der Waals surface area contributed by atoms with E-state index in [0.29, 0.717) is 6.04 Å². The van der Waals surface area contributed by atoms with Crippen molar-refractivity contribution in [2.24, 2.45) is 11.8 Å². The summed E-state index contributed by atoms with van der Waals surface area (Å²) in [5, 5.41) is 3.58. The average molecular weight is 211 g/mol. The van der Waals surface area contributed by atoms with Crippen LogP contribution in [0.2, 0.25) is 0 Å². The Hall–Kier alpha value is -0.0800. The molecule has 2 rings (SSSR count). The molecule has 0 radical (unpaired) electrons. The number of rotatable bonds is 1. The van der Waals surface area contributed by atoms with Crippen LogP contribution < -0.4 is 5.32 Å². The third-order valence-corrected chi connectivity index (χ3v) is 4.46. The molecule has 1 heterocycles. The van der Waals surface area contributed by atoms with Gasteiger partial charge in [-0.1, -0.05) is 20.3 Å². The first-order valence-corrected chi connectivity index (χ1v) is 6.51. The Morgan fingerprint density at radius 2 is 2.20 bits per heavy atom. The van der Waals surface area contributed by atoms with Crippen molar-refractivity contribution in [3.05, 3.63) is 0 Å². The summed E-state index contributed by atoms with van der Waals surface area (Å²) in [7, 11) is 0. The van der Waals surface area contributed by atoms with Gasteiger partial charge in [-0.3, -0.25) is 0 Å². The molecule has 1 saturated heterocycles. The third-order valence-electron chi connectivity index (χ3n) is 4.46. The van der Waals surface area contributed by atoms with E-state index in [9.17, 15) is 0 Å².